The van der Waals surface area contributed by atoms with Crippen molar-refractivity contribution < 1.29 is 9.90 Å². The number of aromatic nitrogens is 2. The molecule has 0 radical (unpaired) electrons. The van der Waals surface area contributed by atoms with Gasteiger partial charge in [0.25, 0.3) is 0 Å². The van der Waals surface area contributed by atoms with E-state index in [1.165, 1.54) is 11.3 Å². The van der Waals surface area contributed by atoms with Crippen LogP contribution in [-0.2, 0) is 12.8 Å². The van der Waals surface area contributed by atoms with Gasteiger partial charge in [0.2, 0.25) is 0 Å². The van der Waals surface area contributed by atoms with Crippen LogP contribution in [0.3, 0.4) is 0 Å². The molecule has 19 heavy (non-hydrogen) atoms. The third kappa shape index (κ3) is 3.96. The molecule has 6 heteroatoms. The van der Waals surface area contributed by atoms with E-state index in [9.17, 15) is 9.90 Å². The van der Waals surface area contributed by atoms with Gasteiger partial charge in [-0.15, -0.1) is 0 Å². The molecule has 2 atom stereocenters. The molecule has 2 unspecified atom stereocenters. The van der Waals surface area contributed by atoms with Gasteiger partial charge in [0.05, 0.1) is 12.3 Å². The van der Waals surface area contributed by atoms with Gasteiger partial charge in [-0.3, -0.25) is 5.10 Å². The lowest BCUT2D eigenvalue weighted by molar-refractivity contribution is 0.159. The molecule has 0 saturated heterocycles. The highest BCUT2D eigenvalue weighted by Gasteiger charge is 2.21. The minimum absolute atomic E-state index is 0.147. The van der Waals surface area contributed by atoms with Crippen molar-refractivity contribution in [2.24, 2.45) is 0 Å². The minimum Gasteiger partial charge on any atom is -0.391 e. The molecule has 1 heterocycles. The number of carbonyl (C=O) groups excluding carboxylic acids is 1. The zero-order valence-electron chi connectivity index (χ0n) is 11.3. The van der Waals surface area contributed by atoms with Gasteiger partial charge in [-0.1, -0.05) is 13.3 Å². The first kappa shape index (κ1) is 13.9. The molecule has 0 spiro atoms. The maximum absolute atomic E-state index is 11.7. The van der Waals surface area contributed by atoms with E-state index < -0.39 is 6.10 Å². The van der Waals surface area contributed by atoms with Crippen LogP contribution in [0.15, 0.2) is 6.20 Å². The average Bonchev–Trinajstić information content (AvgIpc) is 2.84. The van der Waals surface area contributed by atoms with Crippen LogP contribution in [0, 0.1) is 0 Å². The number of nitrogens with zero attached hydrogens (tertiary/aromatic N) is 1. The second-order valence-corrected chi connectivity index (χ2v) is 5.11. The Morgan fingerprint density at radius 1 is 1.68 bits per heavy atom. The van der Waals surface area contributed by atoms with Crippen LogP contribution < -0.4 is 10.6 Å². The van der Waals surface area contributed by atoms with Crippen LogP contribution in [0.25, 0.3) is 0 Å². The SMILES string of the molecule is CCCC(O)CNC(=O)NC1CCc2[nH]ncc2C1. The number of aromatic amines is 1. The summed E-state index contributed by atoms with van der Waals surface area (Å²) in [5.41, 5.74) is 2.36. The van der Waals surface area contributed by atoms with Crippen LogP contribution in [-0.4, -0.2) is 40.0 Å². The predicted octanol–water partition coefficient (Wildman–Crippen LogP) is 0.727. The molecule has 2 amide bonds. The number of aliphatic hydroxyl groups excluding tert-OH is 1. The quantitative estimate of drug-likeness (QED) is 0.633. The van der Waals surface area contributed by atoms with Gasteiger partial charge < -0.3 is 15.7 Å². The van der Waals surface area contributed by atoms with E-state index in [0.717, 1.165) is 25.7 Å². The highest BCUT2D eigenvalue weighted by molar-refractivity contribution is 5.74. The van der Waals surface area contributed by atoms with Crippen LogP contribution in [0.4, 0.5) is 4.79 Å². The van der Waals surface area contributed by atoms with Crippen molar-refractivity contribution in [3.63, 3.8) is 0 Å². The number of carbonyl (C=O) groups is 1. The Kier molecular flexibility index (Phi) is 4.79. The lowest BCUT2D eigenvalue weighted by atomic mass is 9.94. The van der Waals surface area contributed by atoms with Gasteiger partial charge in [0.1, 0.15) is 0 Å². The first-order chi connectivity index (χ1) is 9.19. The molecule has 4 N–H and O–H groups in total. The van der Waals surface area contributed by atoms with Gasteiger partial charge in [0.15, 0.2) is 0 Å². The smallest absolute Gasteiger partial charge is 0.315 e. The molecule has 0 aliphatic heterocycles. The number of H-pyrrole nitrogens is 1. The number of hydrogen-bond acceptors (Lipinski definition) is 3. The molecule has 0 fully saturated rings. The molecular formula is C13H22N4O2. The zero-order valence-corrected chi connectivity index (χ0v) is 11.3. The molecule has 2 rings (SSSR count). The van der Waals surface area contributed by atoms with Gasteiger partial charge in [-0.2, -0.15) is 5.10 Å². The number of aliphatic hydroxyl groups is 1. The summed E-state index contributed by atoms with van der Waals surface area (Å²) in [6.07, 6.45) is 5.64. The lowest BCUT2D eigenvalue weighted by Crippen LogP contribution is -2.46. The summed E-state index contributed by atoms with van der Waals surface area (Å²) in [5.74, 6) is 0. The topological polar surface area (TPSA) is 90.0 Å². The first-order valence-electron chi connectivity index (χ1n) is 6.92. The molecule has 1 aromatic rings. The fourth-order valence-corrected chi connectivity index (χ4v) is 2.42. The largest absolute Gasteiger partial charge is 0.391 e. The van der Waals surface area contributed by atoms with E-state index in [1.807, 2.05) is 13.1 Å². The Morgan fingerprint density at radius 3 is 3.32 bits per heavy atom. The van der Waals surface area contributed by atoms with E-state index in [1.54, 1.807) is 0 Å². The van der Waals surface area contributed by atoms with E-state index in [0.29, 0.717) is 13.0 Å². The Balaban J connectivity index is 1.72. The fourth-order valence-electron chi connectivity index (χ4n) is 2.42. The Labute approximate surface area is 113 Å². The highest BCUT2D eigenvalue weighted by atomic mass is 16.3. The summed E-state index contributed by atoms with van der Waals surface area (Å²) in [6.45, 7) is 2.32. The fraction of sp³-hybridized carbons (Fsp3) is 0.692. The van der Waals surface area contributed by atoms with Crippen molar-refractivity contribution in [2.45, 2.75) is 51.2 Å². The van der Waals surface area contributed by atoms with Crippen molar-refractivity contribution in [1.82, 2.24) is 20.8 Å². The third-order valence-electron chi connectivity index (χ3n) is 3.47. The zero-order chi connectivity index (χ0) is 13.7. The van der Waals surface area contributed by atoms with Gasteiger partial charge in [-0.25, -0.2) is 4.79 Å². The number of nitrogens with one attached hydrogen (secondary N) is 3. The van der Waals surface area contributed by atoms with Crippen molar-refractivity contribution in [3.05, 3.63) is 17.5 Å². The molecular weight excluding hydrogens is 244 g/mol. The Hall–Kier alpha value is -1.56. The number of amides is 2. The van der Waals surface area contributed by atoms with Crippen LogP contribution in [0.5, 0.6) is 0 Å². The van der Waals surface area contributed by atoms with Crippen LogP contribution in [0.2, 0.25) is 0 Å². The van der Waals surface area contributed by atoms with Gasteiger partial charge in [-0.05, 0) is 31.2 Å². The Morgan fingerprint density at radius 2 is 2.53 bits per heavy atom. The normalized spacial score (nSPS) is 19.6. The predicted molar refractivity (Wildman–Crippen MR) is 71.8 cm³/mol. The van der Waals surface area contributed by atoms with Crippen LogP contribution >= 0.6 is 0 Å². The van der Waals surface area contributed by atoms with Crippen molar-refractivity contribution in [1.29, 1.82) is 0 Å². The molecule has 0 aromatic carbocycles. The number of rotatable bonds is 5. The van der Waals surface area contributed by atoms with Crippen LogP contribution in [0.1, 0.15) is 37.4 Å². The molecule has 6 nitrogen and oxygen atoms in total. The molecule has 0 saturated carbocycles. The van der Waals surface area contributed by atoms with E-state index >= 15 is 0 Å². The minimum atomic E-state index is -0.456. The van der Waals surface area contributed by atoms with Gasteiger partial charge >= 0.3 is 6.03 Å². The second-order valence-electron chi connectivity index (χ2n) is 5.11. The van der Waals surface area contributed by atoms with Crippen molar-refractivity contribution in [3.8, 4) is 0 Å². The van der Waals surface area contributed by atoms with E-state index in [4.69, 9.17) is 0 Å². The molecule has 1 aliphatic rings. The van der Waals surface area contributed by atoms with Crippen molar-refractivity contribution in [2.75, 3.05) is 6.54 Å². The van der Waals surface area contributed by atoms with E-state index in [2.05, 4.69) is 20.8 Å². The number of urea groups is 1. The number of fused-ring (bicyclic) bond motifs is 1. The lowest BCUT2D eigenvalue weighted by Gasteiger charge is -2.23. The molecule has 0 bridgehead atoms. The summed E-state index contributed by atoms with van der Waals surface area (Å²) in [4.78, 5) is 11.7. The highest BCUT2D eigenvalue weighted by Crippen LogP contribution is 2.18. The number of hydrogen-bond donors (Lipinski definition) is 4. The number of aryl methyl sites for hydroxylation is 1. The molecule has 106 valence electrons. The molecule has 1 aliphatic carbocycles. The summed E-state index contributed by atoms with van der Waals surface area (Å²) < 4.78 is 0. The standard InChI is InChI=1S/C13H22N4O2/c1-2-3-11(18)8-14-13(19)16-10-4-5-12-9(6-10)7-15-17-12/h7,10-11,18H,2-6,8H2,1H3,(H,15,17)(H2,14,16,19). The summed E-state index contributed by atoms with van der Waals surface area (Å²) >= 11 is 0. The summed E-state index contributed by atoms with van der Waals surface area (Å²) in [7, 11) is 0. The summed E-state index contributed by atoms with van der Waals surface area (Å²) in [6, 6.07) is -0.0551. The van der Waals surface area contributed by atoms with E-state index in [-0.39, 0.29) is 12.1 Å². The molecule has 1 aromatic heterocycles. The monoisotopic (exact) mass is 266 g/mol. The Bertz CT molecular complexity index is 419. The average molecular weight is 266 g/mol. The first-order valence-corrected chi connectivity index (χ1v) is 6.92. The second kappa shape index (κ2) is 6.56. The maximum atomic E-state index is 11.7. The summed E-state index contributed by atoms with van der Waals surface area (Å²) in [5, 5.41) is 22.2. The van der Waals surface area contributed by atoms with Gasteiger partial charge in [0, 0.05) is 18.3 Å². The third-order valence-corrected chi connectivity index (χ3v) is 3.47. The van der Waals surface area contributed by atoms with Crippen molar-refractivity contribution >= 4 is 6.03 Å². The maximum Gasteiger partial charge on any atom is 0.315 e.